The summed E-state index contributed by atoms with van der Waals surface area (Å²) in [4.78, 5) is 0. The van der Waals surface area contributed by atoms with Crippen LogP contribution in [0.25, 0.3) is 0 Å². The second-order valence-corrected chi connectivity index (χ2v) is 2.69. The third-order valence-electron chi connectivity index (χ3n) is 1.16. The summed E-state index contributed by atoms with van der Waals surface area (Å²) in [5.41, 5.74) is 0. The number of alkyl halides is 1. The Morgan fingerprint density at radius 3 is 2.45 bits per heavy atom. The first-order valence-corrected chi connectivity index (χ1v) is 4.13. The molecule has 0 fully saturated rings. The van der Waals surface area contributed by atoms with Crippen LogP contribution in [0.2, 0.25) is 0 Å². The van der Waals surface area contributed by atoms with Gasteiger partial charge in [0.15, 0.2) is 0 Å². The molecule has 0 N–H and O–H groups in total. The zero-order valence-electron chi connectivity index (χ0n) is 6.16. The number of methoxy groups -OCH3 is 1. The second kappa shape index (κ2) is 4.36. The van der Waals surface area contributed by atoms with E-state index in [0.29, 0.717) is 0 Å². The molecule has 1 rings (SSSR count). The van der Waals surface area contributed by atoms with E-state index < -0.39 is 0 Å². The first kappa shape index (κ1) is 8.56. The third-order valence-corrected chi connectivity index (χ3v) is 1.72. The van der Waals surface area contributed by atoms with Gasteiger partial charge in [-0.1, -0.05) is 18.2 Å². The molecule has 2 nitrogen and oxygen atoms in total. The van der Waals surface area contributed by atoms with Gasteiger partial charge in [0.2, 0.25) is 0 Å². The largest absolute Gasteiger partial charge is 0.455 e. The van der Waals surface area contributed by atoms with Crippen LogP contribution < -0.4 is 4.74 Å². The summed E-state index contributed by atoms with van der Waals surface area (Å²) in [5, 5.41) is -0.370. The van der Waals surface area contributed by atoms with E-state index in [-0.39, 0.29) is 5.20 Å². The van der Waals surface area contributed by atoms with E-state index in [1.54, 1.807) is 7.11 Å². The number of para-hydroxylation sites is 1. The fraction of sp³-hybridized carbons (Fsp3) is 0.250. The Morgan fingerprint density at radius 2 is 1.91 bits per heavy atom. The summed E-state index contributed by atoms with van der Waals surface area (Å²) in [5.74, 6) is 0.788. The van der Waals surface area contributed by atoms with Crippen LogP contribution in [0.4, 0.5) is 0 Å². The van der Waals surface area contributed by atoms with Crippen LogP contribution in [0, 0.1) is 0 Å². The van der Waals surface area contributed by atoms with Gasteiger partial charge in [-0.25, -0.2) is 0 Å². The van der Waals surface area contributed by atoms with Gasteiger partial charge in [0.05, 0.1) is 0 Å². The molecule has 0 heterocycles. The van der Waals surface area contributed by atoms with E-state index in [2.05, 4.69) is 15.9 Å². The van der Waals surface area contributed by atoms with Gasteiger partial charge in [-0.05, 0) is 28.1 Å². The molecule has 0 bridgehead atoms. The minimum absolute atomic E-state index is 0.370. The van der Waals surface area contributed by atoms with Crippen molar-refractivity contribution in [2.45, 2.75) is 5.20 Å². The normalized spacial score (nSPS) is 12.5. The molecule has 0 spiro atoms. The van der Waals surface area contributed by atoms with Crippen LogP contribution in [-0.4, -0.2) is 12.3 Å². The summed E-state index contributed by atoms with van der Waals surface area (Å²) in [6.45, 7) is 0. The van der Waals surface area contributed by atoms with Crippen LogP contribution in [0.15, 0.2) is 30.3 Å². The smallest absolute Gasteiger partial charge is 0.257 e. The topological polar surface area (TPSA) is 18.5 Å². The quantitative estimate of drug-likeness (QED) is 0.571. The lowest BCUT2D eigenvalue weighted by molar-refractivity contribution is 0.0242. The fourth-order valence-electron chi connectivity index (χ4n) is 0.654. The highest BCUT2D eigenvalue weighted by atomic mass is 79.9. The Bertz CT molecular complexity index is 201. The van der Waals surface area contributed by atoms with Crippen LogP contribution in [-0.2, 0) is 4.74 Å². The second-order valence-electron chi connectivity index (χ2n) is 1.94. The van der Waals surface area contributed by atoms with Crippen molar-refractivity contribution in [1.29, 1.82) is 0 Å². The van der Waals surface area contributed by atoms with Crippen molar-refractivity contribution in [2.24, 2.45) is 0 Å². The first-order chi connectivity index (χ1) is 5.33. The first-order valence-electron chi connectivity index (χ1n) is 3.21. The highest BCUT2D eigenvalue weighted by molar-refractivity contribution is 9.09. The minimum atomic E-state index is -0.370. The van der Waals surface area contributed by atoms with E-state index in [4.69, 9.17) is 9.47 Å². The molecule has 0 saturated heterocycles. The maximum Gasteiger partial charge on any atom is 0.257 e. The summed E-state index contributed by atoms with van der Waals surface area (Å²) in [6, 6.07) is 9.49. The molecule has 0 aliphatic rings. The van der Waals surface area contributed by atoms with E-state index in [1.807, 2.05) is 30.3 Å². The Hall–Kier alpha value is -0.540. The molecule has 0 aliphatic carbocycles. The lowest BCUT2D eigenvalue weighted by Gasteiger charge is -2.09. The molecule has 1 aromatic carbocycles. The van der Waals surface area contributed by atoms with Gasteiger partial charge in [0, 0.05) is 7.11 Å². The SMILES string of the molecule is COC(Br)Oc1ccccc1. The van der Waals surface area contributed by atoms with Crippen molar-refractivity contribution in [3.8, 4) is 5.75 Å². The number of benzene rings is 1. The van der Waals surface area contributed by atoms with Crippen molar-refractivity contribution >= 4 is 15.9 Å². The average molecular weight is 217 g/mol. The highest BCUT2D eigenvalue weighted by Gasteiger charge is 2.00. The lowest BCUT2D eigenvalue weighted by atomic mass is 10.3. The number of hydrogen-bond acceptors (Lipinski definition) is 2. The van der Waals surface area contributed by atoms with Crippen LogP contribution in [0.1, 0.15) is 0 Å². The lowest BCUT2D eigenvalue weighted by Crippen LogP contribution is -2.09. The van der Waals surface area contributed by atoms with E-state index >= 15 is 0 Å². The Morgan fingerprint density at radius 1 is 1.27 bits per heavy atom. The standard InChI is InChI=1S/C8H9BrO2/c1-10-8(9)11-7-5-3-2-4-6-7/h2-6,8H,1H3. The van der Waals surface area contributed by atoms with Gasteiger partial charge in [-0.2, -0.15) is 0 Å². The number of halogens is 1. The predicted molar refractivity (Wildman–Crippen MR) is 46.8 cm³/mol. The molecule has 1 unspecified atom stereocenters. The summed E-state index contributed by atoms with van der Waals surface area (Å²) in [7, 11) is 1.57. The van der Waals surface area contributed by atoms with Crippen molar-refractivity contribution in [3.63, 3.8) is 0 Å². The molecule has 3 heteroatoms. The van der Waals surface area contributed by atoms with Crippen molar-refractivity contribution in [2.75, 3.05) is 7.11 Å². The molecule has 0 saturated carbocycles. The van der Waals surface area contributed by atoms with Crippen LogP contribution in [0.5, 0.6) is 5.75 Å². The summed E-state index contributed by atoms with van der Waals surface area (Å²) >= 11 is 3.17. The van der Waals surface area contributed by atoms with Crippen LogP contribution in [0.3, 0.4) is 0 Å². The number of rotatable bonds is 3. The Balaban J connectivity index is 2.51. The van der Waals surface area contributed by atoms with Gasteiger partial charge in [-0.3, -0.25) is 0 Å². The molecule has 0 aromatic heterocycles. The molecule has 0 radical (unpaired) electrons. The summed E-state index contributed by atoms with van der Waals surface area (Å²) < 4.78 is 10.1. The van der Waals surface area contributed by atoms with Gasteiger partial charge < -0.3 is 9.47 Å². The van der Waals surface area contributed by atoms with Gasteiger partial charge in [0.25, 0.3) is 5.20 Å². The van der Waals surface area contributed by atoms with Gasteiger partial charge in [-0.15, -0.1) is 0 Å². The van der Waals surface area contributed by atoms with E-state index in [1.165, 1.54) is 0 Å². The van der Waals surface area contributed by atoms with Gasteiger partial charge >= 0.3 is 0 Å². The maximum atomic E-state index is 5.26. The predicted octanol–water partition coefficient (Wildman–Crippen LogP) is 2.39. The molecule has 60 valence electrons. The zero-order chi connectivity index (χ0) is 8.10. The number of hydrogen-bond donors (Lipinski definition) is 0. The Labute approximate surface area is 74.3 Å². The fourth-order valence-corrected chi connectivity index (χ4v) is 0.870. The summed E-state index contributed by atoms with van der Waals surface area (Å²) in [6.07, 6.45) is 0. The van der Waals surface area contributed by atoms with Gasteiger partial charge in [0.1, 0.15) is 5.75 Å². The van der Waals surface area contributed by atoms with E-state index in [9.17, 15) is 0 Å². The number of ether oxygens (including phenoxy) is 2. The Kier molecular flexibility index (Phi) is 3.39. The molecule has 1 atom stereocenters. The monoisotopic (exact) mass is 216 g/mol. The average Bonchev–Trinajstić information content (AvgIpc) is 2.06. The van der Waals surface area contributed by atoms with Crippen molar-refractivity contribution in [1.82, 2.24) is 0 Å². The maximum absolute atomic E-state index is 5.26. The minimum Gasteiger partial charge on any atom is -0.455 e. The molecular weight excluding hydrogens is 208 g/mol. The van der Waals surface area contributed by atoms with Crippen molar-refractivity contribution in [3.05, 3.63) is 30.3 Å². The molecule has 0 amide bonds. The zero-order valence-corrected chi connectivity index (χ0v) is 7.74. The molecule has 11 heavy (non-hydrogen) atoms. The van der Waals surface area contributed by atoms with E-state index in [0.717, 1.165) is 5.75 Å². The van der Waals surface area contributed by atoms with Crippen LogP contribution >= 0.6 is 15.9 Å². The highest BCUT2D eigenvalue weighted by Crippen LogP contribution is 2.13. The third kappa shape index (κ3) is 2.91. The van der Waals surface area contributed by atoms with Crippen molar-refractivity contribution < 1.29 is 9.47 Å². The molecule has 1 aromatic rings. The molecule has 0 aliphatic heterocycles. The molecular formula is C8H9BrO2.